The van der Waals surface area contributed by atoms with Crippen LogP contribution in [0.2, 0.25) is 0 Å². The minimum atomic E-state index is -0.306. The fraction of sp³-hybridized carbons (Fsp3) is 0.400. The maximum absolute atomic E-state index is 12.9. The third kappa shape index (κ3) is 3.09. The summed E-state index contributed by atoms with van der Waals surface area (Å²) >= 11 is 0. The molecule has 0 bridgehead atoms. The zero-order valence-corrected chi connectivity index (χ0v) is 11.7. The summed E-state index contributed by atoms with van der Waals surface area (Å²) in [5.74, 6) is -0.384. The number of amides is 1. The summed E-state index contributed by atoms with van der Waals surface area (Å²) in [6.45, 7) is 1.56. The smallest absolute Gasteiger partial charge is 0.276 e. The van der Waals surface area contributed by atoms with Crippen LogP contribution in [-0.4, -0.2) is 38.9 Å². The molecule has 2 heterocycles. The van der Waals surface area contributed by atoms with Gasteiger partial charge in [-0.2, -0.15) is 0 Å². The molecule has 1 fully saturated rings. The second-order valence-electron chi connectivity index (χ2n) is 5.23. The Balaban J connectivity index is 1.77. The topological polar surface area (TPSA) is 51.0 Å². The highest BCUT2D eigenvalue weighted by Gasteiger charge is 2.20. The summed E-state index contributed by atoms with van der Waals surface area (Å²) < 4.78 is 14.4. The SMILES string of the molecule is O=C(c1cn(-c2ccc(F)cc2)nn1)N1CCCCCC1. The van der Waals surface area contributed by atoms with Gasteiger partial charge >= 0.3 is 0 Å². The maximum atomic E-state index is 12.9. The number of benzene rings is 1. The molecule has 1 amide bonds. The largest absolute Gasteiger partial charge is 0.337 e. The summed E-state index contributed by atoms with van der Waals surface area (Å²) in [5, 5.41) is 7.90. The molecule has 0 spiro atoms. The van der Waals surface area contributed by atoms with Crippen molar-refractivity contribution < 1.29 is 9.18 Å². The van der Waals surface area contributed by atoms with Crippen molar-refractivity contribution in [3.05, 3.63) is 42.0 Å². The lowest BCUT2D eigenvalue weighted by molar-refractivity contribution is 0.0755. The van der Waals surface area contributed by atoms with E-state index >= 15 is 0 Å². The molecular weight excluding hydrogens is 271 g/mol. The van der Waals surface area contributed by atoms with Gasteiger partial charge in [0.15, 0.2) is 5.69 Å². The first kappa shape index (κ1) is 13.7. The number of hydrogen-bond donors (Lipinski definition) is 0. The number of hydrogen-bond acceptors (Lipinski definition) is 3. The van der Waals surface area contributed by atoms with Crippen LogP contribution in [-0.2, 0) is 0 Å². The van der Waals surface area contributed by atoms with Gasteiger partial charge in [0.1, 0.15) is 5.82 Å². The number of carbonyl (C=O) groups is 1. The van der Waals surface area contributed by atoms with Gasteiger partial charge in [-0.25, -0.2) is 9.07 Å². The first-order chi connectivity index (χ1) is 10.2. The normalized spacial score (nSPS) is 15.8. The summed E-state index contributed by atoms with van der Waals surface area (Å²) in [7, 11) is 0. The van der Waals surface area contributed by atoms with Crippen LogP contribution >= 0.6 is 0 Å². The summed E-state index contributed by atoms with van der Waals surface area (Å²) in [6, 6.07) is 5.91. The van der Waals surface area contributed by atoms with E-state index < -0.39 is 0 Å². The standard InChI is InChI=1S/C15H17FN4O/c16-12-5-7-13(8-6-12)20-11-14(17-18-20)15(21)19-9-3-1-2-4-10-19/h5-8,11H,1-4,9-10H2. The average molecular weight is 288 g/mol. The van der Waals surface area contributed by atoms with E-state index in [1.807, 2.05) is 4.90 Å². The highest BCUT2D eigenvalue weighted by molar-refractivity contribution is 5.92. The van der Waals surface area contributed by atoms with E-state index in [-0.39, 0.29) is 11.7 Å². The molecule has 0 N–H and O–H groups in total. The van der Waals surface area contributed by atoms with Crippen LogP contribution in [0.5, 0.6) is 0 Å². The number of carbonyl (C=O) groups excluding carboxylic acids is 1. The lowest BCUT2D eigenvalue weighted by Crippen LogP contribution is -2.32. The number of nitrogens with zero attached hydrogens (tertiary/aromatic N) is 4. The van der Waals surface area contributed by atoms with Gasteiger partial charge in [0, 0.05) is 13.1 Å². The molecule has 0 unspecified atom stereocenters. The van der Waals surface area contributed by atoms with Crippen LogP contribution in [0, 0.1) is 5.82 Å². The Bertz CT molecular complexity index is 615. The molecule has 1 aromatic heterocycles. The fourth-order valence-corrected chi connectivity index (χ4v) is 2.52. The van der Waals surface area contributed by atoms with E-state index in [0.29, 0.717) is 11.4 Å². The summed E-state index contributed by atoms with van der Waals surface area (Å²) in [6.07, 6.45) is 6.02. The van der Waals surface area contributed by atoms with E-state index in [1.54, 1.807) is 18.3 Å². The van der Waals surface area contributed by atoms with Crippen LogP contribution in [0.25, 0.3) is 5.69 Å². The van der Waals surface area contributed by atoms with E-state index in [0.717, 1.165) is 25.9 Å². The average Bonchev–Trinajstić information content (AvgIpc) is 2.83. The van der Waals surface area contributed by atoms with Crippen LogP contribution in [0.3, 0.4) is 0 Å². The van der Waals surface area contributed by atoms with Gasteiger partial charge in [0.05, 0.1) is 11.9 Å². The van der Waals surface area contributed by atoms with Crippen molar-refractivity contribution >= 4 is 5.91 Å². The second-order valence-corrected chi connectivity index (χ2v) is 5.23. The van der Waals surface area contributed by atoms with Gasteiger partial charge in [-0.1, -0.05) is 18.1 Å². The van der Waals surface area contributed by atoms with Gasteiger partial charge in [-0.05, 0) is 37.1 Å². The van der Waals surface area contributed by atoms with Crippen LogP contribution in [0.1, 0.15) is 36.2 Å². The van der Waals surface area contributed by atoms with Gasteiger partial charge in [0.25, 0.3) is 5.91 Å². The molecule has 0 radical (unpaired) electrons. The molecule has 110 valence electrons. The molecular formula is C15H17FN4O. The highest BCUT2D eigenvalue weighted by atomic mass is 19.1. The molecule has 1 aliphatic rings. The molecule has 1 aliphatic heterocycles. The Labute approximate surface area is 122 Å². The van der Waals surface area contributed by atoms with Crippen molar-refractivity contribution in [3.63, 3.8) is 0 Å². The van der Waals surface area contributed by atoms with E-state index in [1.165, 1.54) is 29.7 Å². The van der Waals surface area contributed by atoms with E-state index in [9.17, 15) is 9.18 Å². The first-order valence-corrected chi connectivity index (χ1v) is 7.21. The molecule has 2 aromatic rings. The van der Waals surface area contributed by atoms with Crippen molar-refractivity contribution in [2.45, 2.75) is 25.7 Å². The predicted octanol–water partition coefficient (Wildman–Crippen LogP) is 2.42. The van der Waals surface area contributed by atoms with E-state index in [2.05, 4.69) is 10.3 Å². The monoisotopic (exact) mass is 288 g/mol. The first-order valence-electron chi connectivity index (χ1n) is 7.21. The molecule has 6 heteroatoms. The molecule has 21 heavy (non-hydrogen) atoms. The predicted molar refractivity (Wildman–Crippen MR) is 75.7 cm³/mol. The van der Waals surface area contributed by atoms with Gasteiger partial charge < -0.3 is 4.90 Å². The number of likely N-dealkylation sites (tertiary alicyclic amines) is 1. The molecule has 0 saturated carbocycles. The molecule has 0 aliphatic carbocycles. The van der Waals surface area contributed by atoms with Crippen LogP contribution in [0.4, 0.5) is 4.39 Å². The fourth-order valence-electron chi connectivity index (χ4n) is 2.52. The highest BCUT2D eigenvalue weighted by Crippen LogP contribution is 2.13. The molecule has 1 saturated heterocycles. The number of halogens is 1. The maximum Gasteiger partial charge on any atom is 0.276 e. The van der Waals surface area contributed by atoms with Gasteiger partial charge in [-0.3, -0.25) is 4.79 Å². The second kappa shape index (κ2) is 6.03. The molecule has 1 aromatic carbocycles. The van der Waals surface area contributed by atoms with Crippen molar-refractivity contribution in [3.8, 4) is 5.69 Å². The quantitative estimate of drug-likeness (QED) is 0.852. The van der Waals surface area contributed by atoms with Crippen molar-refractivity contribution in [1.82, 2.24) is 19.9 Å². The van der Waals surface area contributed by atoms with Crippen molar-refractivity contribution in [2.75, 3.05) is 13.1 Å². The zero-order valence-electron chi connectivity index (χ0n) is 11.7. The van der Waals surface area contributed by atoms with Gasteiger partial charge in [-0.15, -0.1) is 5.10 Å². The Morgan fingerprint density at radius 1 is 1.05 bits per heavy atom. The van der Waals surface area contributed by atoms with E-state index in [4.69, 9.17) is 0 Å². The number of aromatic nitrogens is 3. The van der Waals surface area contributed by atoms with Crippen molar-refractivity contribution in [1.29, 1.82) is 0 Å². The molecule has 0 atom stereocenters. The Morgan fingerprint density at radius 3 is 2.38 bits per heavy atom. The Morgan fingerprint density at radius 2 is 1.71 bits per heavy atom. The van der Waals surface area contributed by atoms with Gasteiger partial charge in [0.2, 0.25) is 0 Å². The molecule has 5 nitrogen and oxygen atoms in total. The third-order valence-corrected chi connectivity index (χ3v) is 3.70. The lowest BCUT2D eigenvalue weighted by Gasteiger charge is -2.18. The van der Waals surface area contributed by atoms with Crippen LogP contribution < -0.4 is 0 Å². The zero-order chi connectivity index (χ0) is 14.7. The minimum absolute atomic E-state index is 0.0785. The summed E-state index contributed by atoms with van der Waals surface area (Å²) in [5.41, 5.74) is 1.01. The Hall–Kier alpha value is -2.24. The van der Waals surface area contributed by atoms with Crippen LogP contribution in [0.15, 0.2) is 30.5 Å². The lowest BCUT2D eigenvalue weighted by atomic mass is 10.2. The number of rotatable bonds is 2. The Kier molecular flexibility index (Phi) is 3.94. The summed E-state index contributed by atoms with van der Waals surface area (Å²) in [4.78, 5) is 14.2. The third-order valence-electron chi connectivity index (χ3n) is 3.70. The molecule has 3 rings (SSSR count). The minimum Gasteiger partial charge on any atom is -0.337 e. The van der Waals surface area contributed by atoms with Crippen molar-refractivity contribution in [2.24, 2.45) is 0 Å².